The lowest BCUT2D eigenvalue weighted by Crippen LogP contribution is -2.60. The van der Waals surface area contributed by atoms with Crippen molar-refractivity contribution in [1.82, 2.24) is 0 Å². The Kier molecular flexibility index (Phi) is 4.14. The zero-order chi connectivity index (χ0) is 19.3. The van der Waals surface area contributed by atoms with Gasteiger partial charge in [0.05, 0.1) is 11.1 Å². The SMILES string of the molecule is O=C1Nc2cc(C(F)(F)F)cc(C(F)(F)F)c2B(O)N1c1ccccc1. The Balaban J connectivity index is 2.22. The maximum absolute atomic E-state index is 13.3. The van der Waals surface area contributed by atoms with Crippen molar-refractivity contribution in [3.8, 4) is 0 Å². The molecular formula is C15H9BF6N2O2. The van der Waals surface area contributed by atoms with E-state index in [1.54, 1.807) is 6.07 Å². The highest BCUT2D eigenvalue weighted by Gasteiger charge is 2.47. The standard InChI is InChI=1S/C15H9BF6N2O2/c17-14(18,19)8-6-10(15(20,21)22)12-11(7-8)23-13(25)24(16(12)26)9-4-2-1-3-5-9/h1-7,26H,(H,23,25). The first-order chi connectivity index (χ1) is 12.0. The van der Waals surface area contributed by atoms with E-state index in [0.717, 1.165) is 0 Å². The minimum Gasteiger partial charge on any atom is -0.428 e. The predicted octanol–water partition coefficient (Wildman–Crippen LogP) is 3.46. The number of benzene rings is 2. The molecule has 0 atom stereocenters. The fraction of sp³-hybridized carbons (Fsp3) is 0.133. The lowest BCUT2D eigenvalue weighted by Gasteiger charge is -2.33. The van der Waals surface area contributed by atoms with Crippen LogP contribution in [0.4, 0.5) is 42.5 Å². The summed E-state index contributed by atoms with van der Waals surface area (Å²) >= 11 is 0. The van der Waals surface area contributed by atoms with Crippen molar-refractivity contribution in [3.63, 3.8) is 0 Å². The van der Waals surface area contributed by atoms with Crippen molar-refractivity contribution >= 4 is 29.9 Å². The van der Waals surface area contributed by atoms with Crippen molar-refractivity contribution in [2.24, 2.45) is 0 Å². The van der Waals surface area contributed by atoms with Crippen molar-refractivity contribution in [1.29, 1.82) is 0 Å². The van der Waals surface area contributed by atoms with Gasteiger partial charge in [0, 0.05) is 16.8 Å². The second-order valence-electron chi connectivity index (χ2n) is 5.49. The first kappa shape index (κ1) is 18.1. The lowest BCUT2D eigenvalue weighted by molar-refractivity contribution is -0.142. The molecule has 0 aromatic heterocycles. The molecule has 26 heavy (non-hydrogen) atoms. The molecule has 1 aliphatic heterocycles. The third-order valence-corrected chi connectivity index (χ3v) is 3.81. The fourth-order valence-electron chi connectivity index (χ4n) is 2.70. The van der Waals surface area contributed by atoms with Crippen molar-refractivity contribution in [2.75, 3.05) is 10.1 Å². The number of carbonyl (C=O) groups is 1. The number of amides is 2. The van der Waals surface area contributed by atoms with Gasteiger partial charge in [0.15, 0.2) is 0 Å². The number of para-hydroxylation sites is 1. The molecule has 0 bridgehead atoms. The number of rotatable bonds is 1. The van der Waals surface area contributed by atoms with E-state index in [-0.39, 0.29) is 11.8 Å². The van der Waals surface area contributed by atoms with Gasteiger partial charge in [-0.05, 0) is 24.3 Å². The van der Waals surface area contributed by atoms with Crippen LogP contribution in [0, 0.1) is 0 Å². The Bertz CT molecular complexity index is 854. The normalized spacial score (nSPS) is 15.0. The smallest absolute Gasteiger partial charge is 0.428 e. The third kappa shape index (κ3) is 3.09. The van der Waals surface area contributed by atoms with E-state index in [4.69, 9.17) is 0 Å². The highest BCUT2D eigenvalue weighted by molar-refractivity contribution is 6.77. The highest BCUT2D eigenvalue weighted by Crippen LogP contribution is 2.38. The van der Waals surface area contributed by atoms with Gasteiger partial charge in [-0.1, -0.05) is 18.2 Å². The van der Waals surface area contributed by atoms with Gasteiger partial charge in [0.25, 0.3) is 0 Å². The van der Waals surface area contributed by atoms with Gasteiger partial charge in [0.1, 0.15) is 0 Å². The van der Waals surface area contributed by atoms with E-state index >= 15 is 0 Å². The molecule has 11 heteroatoms. The van der Waals surface area contributed by atoms with Crippen molar-refractivity contribution in [2.45, 2.75) is 12.4 Å². The number of carbonyl (C=O) groups excluding carboxylic acids is 1. The summed E-state index contributed by atoms with van der Waals surface area (Å²) in [6.07, 6.45) is -10.2. The van der Waals surface area contributed by atoms with E-state index in [1.807, 2.05) is 5.32 Å². The molecule has 0 saturated carbocycles. The van der Waals surface area contributed by atoms with Crippen LogP contribution >= 0.6 is 0 Å². The number of nitrogens with zero attached hydrogens (tertiary/aromatic N) is 1. The number of alkyl halides is 6. The van der Waals surface area contributed by atoms with Crippen LogP contribution in [0.5, 0.6) is 0 Å². The van der Waals surface area contributed by atoms with Crippen molar-refractivity contribution < 1.29 is 36.2 Å². The van der Waals surface area contributed by atoms with Gasteiger partial charge >= 0.3 is 25.4 Å². The van der Waals surface area contributed by atoms with Gasteiger partial charge in [-0.25, -0.2) is 4.79 Å². The summed E-state index contributed by atoms with van der Waals surface area (Å²) in [7, 11) is -2.11. The number of hydrogen-bond donors (Lipinski definition) is 2. The van der Waals surface area contributed by atoms with Crippen LogP contribution in [0.1, 0.15) is 11.1 Å². The summed E-state index contributed by atoms with van der Waals surface area (Å²) in [6.45, 7) is 0. The van der Waals surface area contributed by atoms with Gasteiger partial charge in [0.2, 0.25) is 0 Å². The molecule has 2 amide bonds. The lowest BCUT2D eigenvalue weighted by atomic mass is 9.66. The summed E-state index contributed by atoms with van der Waals surface area (Å²) in [5.74, 6) is 0. The summed E-state index contributed by atoms with van der Waals surface area (Å²) in [5, 5.41) is 12.4. The van der Waals surface area contributed by atoms with Gasteiger partial charge in [-0.2, -0.15) is 26.3 Å². The fourth-order valence-corrected chi connectivity index (χ4v) is 2.70. The average Bonchev–Trinajstić information content (AvgIpc) is 2.53. The monoisotopic (exact) mass is 374 g/mol. The summed E-state index contributed by atoms with van der Waals surface area (Å²) in [6, 6.07) is 6.53. The molecule has 3 rings (SSSR count). The van der Waals surface area contributed by atoms with E-state index in [0.29, 0.717) is 10.9 Å². The summed E-state index contributed by atoms with van der Waals surface area (Å²) in [4.78, 5) is 12.8. The van der Waals surface area contributed by atoms with Crippen LogP contribution in [0.15, 0.2) is 42.5 Å². The number of nitrogens with one attached hydrogen (secondary N) is 1. The second-order valence-corrected chi connectivity index (χ2v) is 5.49. The maximum atomic E-state index is 13.3. The maximum Gasteiger partial charge on any atom is 0.460 e. The Morgan fingerprint density at radius 1 is 0.962 bits per heavy atom. The molecule has 1 heterocycles. The topological polar surface area (TPSA) is 52.6 Å². The van der Waals surface area contributed by atoms with E-state index in [9.17, 15) is 36.2 Å². The molecule has 0 radical (unpaired) electrons. The molecule has 2 aromatic rings. The zero-order valence-corrected chi connectivity index (χ0v) is 12.7. The van der Waals surface area contributed by atoms with Crippen LogP contribution in [0.3, 0.4) is 0 Å². The van der Waals surface area contributed by atoms with E-state index in [1.165, 1.54) is 24.3 Å². The zero-order valence-electron chi connectivity index (χ0n) is 12.7. The quantitative estimate of drug-likeness (QED) is 0.594. The molecule has 136 valence electrons. The minimum atomic E-state index is -5.17. The molecule has 1 aliphatic rings. The molecule has 2 N–H and O–H groups in total. The van der Waals surface area contributed by atoms with Crippen LogP contribution < -0.4 is 15.6 Å². The van der Waals surface area contributed by atoms with Crippen LogP contribution in [-0.2, 0) is 12.4 Å². The third-order valence-electron chi connectivity index (χ3n) is 3.81. The highest BCUT2D eigenvalue weighted by atomic mass is 19.4. The molecule has 0 unspecified atom stereocenters. The number of hydrogen-bond acceptors (Lipinski definition) is 2. The van der Waals surface area contributed by atoms with Crippen LogP contribution in [-0.4, -0.2) is 18.1 Å². The minimum absolute atomic E-state index is 0.0798. The molecule has 0 aliphatic carbocycles. The Hall–Kier alpha value is -2.69. The predicted molar refractivity (Wildman–Crippen MR) is 82.0 cm³/mol. The Labute approximate surface area is 143 Å². The summed E-state index contributed by atoms with van der Waals surface area (Å²) < 4.78 is 78.7. The number of fused-ring (bicyclic) bond motifs is 1. The second kappa shape index (κ2) is 5.94. The summed E-state index contributed by atoms with van der Waals surface area (Å²) in [5.41, 5.74) is -4.76. The van der Waals surface area contributed by atoms with Crippen LogP contribution in [0.2, 0.25) is 0 Å². The van der Waals surface area contributed by atoms with E-state index in [2.05, 4.69) is 0 Å². The Morgan fingerprint density at radius 2 is 1.58 bits per heavy atom. The first-order valence-corrected chi connectivity index (χ1v) is 7.16. The number of urea groups is 1. The number of halogens is 6. The molecule has 0 fully saturated rings. The van der Waals surface area contributed by atoms with Crippen LogP contribution in [0.25, 0.3) is 0 Å². The largest absolute Gasteiger partial charge is 0.460 e. The average molecular weight is 374 g/mol. The number of anilines is 2. The molecular weight excluding hydrogens is 365 g/mol. The molecule has 0 saturated heterocycles. The van der Waals surface area contributed by atoms with Crippen molar-refractivity contribution in [3.05, 3.63) is 53.6 Å². The first-order valence-electron chi connectivity index (χ1n) is 7.16. The molecule has 0 spiro atoms. The van der Waals surface area contributed by atoms with Gasteiger partial charge < -0.3 is 15.2 Å². The van der Waals surface area contributed by atoms with Gasteiger partial charge in [-0.3, -0.25) is 0 Å². The molecule has 4 nitrogen and oxygen atoms in total. The van der Waals surface area contributed by atoms with Gasteiger partial charge in [-0.15, -0.1) is 0 Å². The molecule has 2 aromatic carbocycles. The Morgan fingerprint density at radius 3 is 2.12 bits per heavy atom. The van der Waals surface area contributed by atoms with E-state index < -0.39 is 47.7 Å².